The molecule has 1 aliphatic rings. The van der Waals surface area contributed by atoms with Gasteiger partial charge in [0.2, 0.25) is 16.9 Å². The molecule has 0 fully saturated rings. The summed E-state index contributed by atoms with van der Waals surface area (Å²) in [5, 5.41) is 15.0. The molecule has 2 amide bonds. The maximum absolute atomic E-state index is 12.9. The quantitative estimate of drug-likeness (QED) is 0.735. The van der Waals surface area contributed by atoms with Crippen LogP contribution in [0.3, 0.4) is 0 Å². The van der Waals surface area contributed by atoms with E-state index in [4.69, 9.17) is 0 Å². The third-order valence-electron chi connectivity index (χ3n) is 4.01. The Morgan fingerprint density at radius 2 is 2.12 bits per heavy atom. The van der Waals surface area contributed by atoms with Gasteiger partial charge in [0.15, 0.2) is 4.34 Å². The average Bonchev–Trinajstić information content (AvgIpc) is 3.06. The van der Waals surface area contributed by atoms with Crippen molar-refractivity contribution in [2.24, 2.45) is 0 Å². The Labute approximate surface area is 160 Å². The number of hydrogen-bond acceptors (Lipinski definition) is 7. The Balaban J connectivity index is 1.74. The summed E-state index contributed by atoms with van der Waals surface area (Å²) in [6, 6.07) is 7.33. The molecule has 7 nitrogen and oxygen atoms in total. The third kappa shape index (κ3) is 3.68. The van der Waals surface area contributed by atoms with E-state index in [1.54, 1.807) is 24.8 Å². The van der Waals surface area contributed by atoms with Crippen LogP contribution in [0.25, 0.3) is 0 Å². The van der Waals surface area contributed by atoms with Crippen molar-refractivity contribution in [3.63, 3.8) is 0 Å². The molecule has 2 heterocycles. The van der Waals surface area contributed by atoms with Gasteiger partial charge in [-0.15, -0.1) is 10.2 Å². The first-order chi connectivity index (χ1) is 12.4. The van der Waals surface area contributed by atoms with Gasteiger partial charge in [-0.2, -0.15) is 0 Å². The number of carbonyl (C=O) groups excluding carboxylic acids is 2. The molecule has 0 aliphatic carbocycles. The van der Waals surface area contributed by atoms with Gasteiger partial charge in [-0.05, 0) is 32.4 Å². The molecule has 2 aromatic rings. The number of nitrogens with zero attached hydrogens (tertiary/aromatic N) is 3. The summed E-state index contributed by atoms with van der Waals surface area (Å²) in [7, 11) is 0. The zero-order valence-corrected chi connectivity index (χ0v) is 16.5. The number of nitrogens with one attached hydrogen (secondary N) is 2. The van der Waals surface area contributed by atoms with Gasteiger partial charge in [-0.3, -0.25) is 14.5 Å². The fraction of sp³-hybridized carbons (Fsp3) is 0.412. The van der Waals surface area contributed by atoms with E-state index in [0.717, 1.165) is 22.4 Å². The van der Waals surface area contributed by atoms with Gasteiger partial charge < -0.3 is 10.6 Å². The van der Waals surface area contributed by atoms with E-state index in [-0.39, 0.29) is 17.6 Å². The minimum atomic E-state index is -0.957. The van der Waals surface area contributed by atoms with Crippen LogP contribution in [0, 0.1) is 0 Å². The Bertz CT molecular complexity index is 821. The number of rotatable bonds is 6. The molecular weight excluding hydrogens is 370 g/mol. The maximum Gasteiger partial charge on any atom is 0.250 e. The summed E-state index contributed by atoms with van der Waals surface area (Å²) in [6.45, 7) is 6.42. The van der Waals surface area contributed by atoms with Gasteiger partial charge in [0.1, 0.15) is 5.54 Å². The largest absolute Gasteiger partial charge is 0.360 e. The second-order valence-electron chi connectivity index (χ2n) is 6.35. The molecule has 1 aromatic heterocycles. The number of carbonyl (C=O) groups is 2. The molecule has 0 bridgehead atoms. The van der Waals surface area contributed by atoms with E-state index in [2.05, 4.69) is 27.8 Å². The topological polar surface area (TPSA) is 87.2 Å². The van der Waals surface area contributed by atoms with Crippen LogP contribution in [0.1, 0.15) is 27.2 Å². The molecule has 0 saturated carbocycles. The number of hydrogen-bond donors (Lipinski definition) is 2. The normalized spacial score (nSPS) is 15.3. The Morgan fingerprint density at radius 1 is 1.35 bits per heavy atom. The minimum absolute atomic E-state index is 0.138. The highest BCUT2D eigenvalue weighted by molar-refractivity contribution is 8.01. The second-order valence-corrected chi connectivity index (χ2v) is 8.55. The number of benzene rings is 1. The molecule has 0 atom stereocenters. The monoisotopic (exact) mass is 391 g/mol. The second kappa shape index (κ2) is 7.63. The van der Waals surface area contributed by atoms with Crippen molar-refractivity contribution < 1.29 is 9.59 Å². The molecule has 1 aromatic carbocycles. The van der Waals surface area contributed by atoms with E-state index in [9.17, 15) is 9.59 Å². The van der Waals surface area contributed by atoms with Crippen LogP contribution in [0.2, 0.25) is 0 Å². The van der Waals surface area contributed by atoms with Gasteiger partial charge in [-0.25, -0.2) is 0 Å². The lowest BCUT2D eigenvalue weighted by Crippen LogP contribution is -2.58. The molecule has 3 rings (SSSR count). The first kappa shape index (κ1) is 18.7. The first-order valence-electron chi connectivity index (χ1n) is 8.37. The molecule has 9 heteroatoms. The van der Waals surface area contributed by atoms with Crippen molar-refractivity contribution in [1.29, 1.82) is 0 Å². The SMILES string of the molecule is CCCNc1nnc(SCC(=O)N2c3ccccc3NC(=O)C2(C)C)s1. The highest BCUT2D eigenvalue weighted by Gasteiger charge is 2.43. The van der Waals surface area contributed by atoms with Gasteiger partial charge >= 0.3 is 0 Å². The fourth-order valence-corrected chi connectivity index (χ4v) is 4.28. The molecule has 138 valence electrons. The van der Waals surface area contributed by atoms with E-state index in [1.165, 1.54) is 23.1 Å². The average molecular weight is 392 g/mol. The fourth-order valence-electron chi connectivity index (χ4n) is 2.66. The van der Waals surface area contributed by atoms with Crippen LogP contribution in [0.5, 0.6) is 0 Å². The number of para-hydroxylation sites is 2. The number of fused-ring (bicyclic) bond motifs is 1. The zero-order chi connectivity index (χ0) is 18.7. The highest BCUT2D eigenvalue weighted by atomic mass is 32.2. The van der Waals surface area contributed by atoms with Crippen molar-refractivity contribution in [2.45, 2.75) is 37.1 Å². The summed E-state index contributed by atoms with van der Waals surface area (Å²) >= 11 is 2.76. The van der Waals surface area contributed by atoms with Crippen LogP contribution in [-0.2, 0) is 9.59 Å². The van der Waals surface area contributed by atoms with Crippen molar-refractivity contribution in [1.82, 2.24) is 10.2 Å². The molecule has 0 radical (unpaired) electrons. The highest BCUT2D eigenvalue weighted by Crippen LogP contribution is 2.37. The summed E-state index contributed by atoms with van der Waals surface area (Å²) in [5.74, 6) is -0.148. The van der Waals surface area contributed by atoms with Gasteiger partial charge in [-0.1, -0.05) is 42.2 Å². The number of amides is 2. The van der Waals surface area contributed by atoms with Crippen molar-refractivity contribution >= 4 is 51.4 Å². The molecule has 0 spiro atoms. The van der Waals surface area contributed by atoms with E-state index in [1.807, 2.05) is 18.2 Å². The van der Waals surface area contributed by atoms with Gasteiger partial charge in [0.25, 0.3) is 0 Å². The van der Waals surface area contributed by atoms with Crippen molar-refractivity contribution in [2.75, 3.05) is 27.8 Å². The summed E-state index contributed by atoms with van der Waals surface area (Å²) in [5.41, 5.74) is 0.406. The molecule has 0 saturated heterocycles. The Morgan fingerprint density at radius 3 is 2.88 bits per heavy atom. The minimum Gasteiger partial charge on any atom is -0.360 e. The molecule has 26 heavy (non-hydrogen) atoms. The van der Waals surface area contributed by atoms with Crippen LogP contribution in [-0.4, -0.2) is 39.8 Å². The van der Waals surface area contributed by atoms with Crippen molar-refractivity contribution in [3.8, 4) is 0 Å². The number of anilines is 3. The predicted molar refractivity (Wildman–Crippen MR) is 106 cm³/mol. The number of aromatic nitrogens is 2. The van der Waals surface area contributed by atoms with E-state index >= 15 is 0 Å². The molecule has 0 unspecified atom stereocenters. The van der Waals surface area contributed by atoms with Crippen molar-refractivity contribution in [3.05, 3.63) is 24.3 Å². The smallest absolute Gasteiger partial charge is 0.250 e. The van der Waals surface area contributed by atoms with Crippen LogP contribution >= 0.6 is 23.1 Å². The van der Waals surface area contributed by atoms with Crippen LogP contribution < -0.4 is 15.5 Å². The van der Waals surface area contributed by atoms with Crippen LogP contribution in [0.15, 0.2) is 28.6 Å². The Hall–Kier alpha value is -2.13. The van der Waals surface area contributed by atoms with E-state index < -0.39 is 5.54 Å². The van der Waals surface area contributed by atoms with Gasteiger partial charge in [0.05, 0.1) is 17.1 Å². The predicted octanol–water partition coefficient (Wildman–Crippen LogP) is 3.22. The lowest BCUT2D eigenvalue weighted by Gasteiger charge is -2.42. The third-order valence-corrected chi connectivity index (χ3v) is 6.01. The maximum atomic E-state index is 12.9. The standard InChI is InChI=1S/C17H21N5O2S2/c1-4-9-18-15-20-21-16(26-15)25-10-13(23)22-12-8-6-5-7-11(12)19-14(24)17(22,2)3/h5-8H,4,9-10H2,1-3H3,(H,18,20)(H,19,24). The van der Waals surface area contributed by atoms with Gasteiger partial charge in [0, 0.05) is 6.54 Å². The summed E-state index contributed by atoms with van der Waals surface area (Å²) in [4.78, 5) is 26.9. The molecule has 2 N–H and O–H groups in total. The lowest BCUT2D eigenvalue weighted by atomic mass is 9.96. The molecular formula is C17H21N5O2S2. The lowest BCUT2D eigenvalue weighted by molar-refractivity contribution is -0.125. The summed E-state index contributed by atoms with van der Waals surface area (Å²) in [6.07, 6.45) is 1.01. The first-order valence-corrected chi connectivity index (χ1v) is 10.2. The van der Waals surface area contributed by atoms with Crippen LogP contribution in [0.4, 0.5) is 16.5 Å². The zero-order valence-electron chi connectivity index (χ0n) is 14.9. The van der Waals surface area contributed by atoms with E-state index in [0.29, 0.717) is 11.4 Å². The molecule has 1 aliphatic heterocycles. The number of thioether (sulfide) groups is 1. The Kier molecular flexibility index (Phi) is 5.47. The summed E-state index contributed by atoms with van der Waals surface area (Å²) < 4.78 is 0.726.